The van der Waals surface area contributed by atoms with Gasteiger partial charge in [-0.2, -0.15) is 5.10 Å². The average molecular weight is 333 g/mol. The lowest BCUT2D eigenvalue weighted by Crippen LogP contribution is -2.52. The number of carbonyl (C=O) groups is 2. The van der Waals surface area contributed by atoms with Crippen molar-refractivity contribution in [2.75, 3.05) is 37.6 Å². The molecule has 1 unspecified atom stereocenters. The van der Waals surface area contributed by atoms with Crippen molar-refractivity contribution in [2.45, 2.75) is 25.8 Å². The van der Waals surface area contributed by atoms with E-state index in [1.54, 1.807) is 29.1 Å². The second-order valence-corrected chi connectivity index (χ2v) is 6.45. The number of hydrogen-bond donors (Lipinski definition) is 0. The first-order chi connectivity index (χ1) is 11.5. The number of hydrogen-bond acceptors (Lipinski definition) is 5. The molecule has 0 radical (unpaired) electrons. The maximum atomic E-state index is 12.4. The third-order valence-electron chi connectivity index (χ3n) is 4.89. The number of amides is 2. The summed E-state index contributed by atoms with van der Waals surface area (Å²) in [5.41, 5.74) is 0.640. The van der Waals surface area contributed by atoms with E-state index in [0.29, 0.717) is 32.6 Å². The number of likely N-dealkylation sites (tertiary alicyclic amines) is 1. The van der Waals surface area contributed by atoms with Gasteiger partial charge in [0.1, 0.15) is 0 Å². The maximum Gasteiger partial charge on any atom is 0.268 e. The predicted octanol–water partition coefficient (Wildman–Crippen LogP) is -0.560. The first-order valence-corrected chi connectivity index (χ1v) is 8.31. The van der Waals surface area contributed by atoms with Gasteiger partial charge in [-0.05, 0) is 13.3 Å². The summed E-state index contributed by atoms with van der Waals surface area (Å²) in [5.74, 6) is 0.0690. The van der Waals surface area contributed by atoms with Gasteiger partial charge < -0.3 is 14.7 Å². The standard InChI is InChI=1S/C16H23N5O3/c1-12-3-4-14(22)21(12)11-16(24)20-7-5-19(6-8-20)13-9-15(23)18(2)17-10-13/h9-10,12H,3-8,11H2,1-2H3. The van der Waals surface area contributed by atoms with Gasteiger partial charge >= 0.3 is 0 Å². The zero-order chi connectivity index (χ0) is 17.3. The molecule has 130 valence electrons. The molecule has 0 saturated carbocycles. The molecule has 0 bridgehead atoms. The molecule has 1 aromatic rings. The van der Waals surface area contributed by atoms with Crippen LogP contribution in [0.4, 0.5) is 5.69 Å². The number of nitrogens with zero attached hydrogens (tertiary/aromatic N) is 5. The molecular formula is C16H23N5O3. The van der Waals surface area contributed by atoms with E-state index in [9.17, 15) is 14.4 Å². The third kappa shape index (κ3) is 3.27. The lowest BCUT2D eigenvalue weighted by atomic mass is 10.2. The van der Waals surface area contributed by atoms with Crippen LogP contribution in [0.25, 0.3) is 0 Å². The van der Waals surface area contributed by atoms with Crippen LogP contribution in [0.3, 0.4) is 0 Å². The normalized spacial score (nSPS) is 21.5. The van der Waals surface area contributed by atoms with Crippen molar-refractivity contribution in [3.05, 3.63) is 22.6 Å². The van der Waals surface area contributed by atoms with Gasteiger partial charge in [0, 0.05) is 51.8 Å². The second-order valence-electron chi connectivity index (χ2n) is 6.45. The van der Waals surface area contributed by atoms with Gasteiger partial charge in [-0.3, -0.25) is 14.4 Å². The van der Waals surface area contributed by atoms with Crippen LogP contribution in [-0.4, -0.2) is 70.2 Å². The van der Waals surface area contributed by atoms with E-state index in [2.05, 4.69) is 10.00 Å². The Kier molecular flexibility index (Phi) is 4.55. The Hall–Kier alpha value is -2.38. The molecule has 2 aliphatic rings. The minimum Gasteiger partial charge on any atom is -0.367 e. The summed E-state index contributed by atoms with van der Waals surface area (Å²) in [5, 5.41) is 4.03. The SMILES string of the molecule is CC1CCC(=O)N1CC(=O)N1CCN(c2cnn(C)c(=O)c2)CC1. The number of piperazine rings is 1. The molecule has 8 heteroatoms. The van der Waals surface area contributed by atoms with Gasteiger partial charge in [-0.1, -0.05) is 0 Å². The van der Waals surface area contributed by atoms with Gasteiger partial charge in [0.25, 0.3) is 5.56 Å². The summed E-state index contributed by atoms with van der Waals surface area (Å²) < 4.78 is 1.29. The largest absolute Gasteiger partial charge is 0.367 e. The molecular weight excluding hydrogens is 310 g/mol. The predicted molar refractivity (Wildman–Crippen MR) is 88.7 cm³/mol. The van der Waals surface area contributed by atoms with E-state index >= 15 is 0 Å². The molecule has 0 spiro atoms. The second kappa shape index (κ2) is 6.62. The van der Waals surface area contributed by atoms with Gasteiger partial charge in [0.05, 0.1) is 18.4 Å². The highest BCUT2D eigenvalue weighted by Crippen LogP contribution is 2.18. The Labute approximate surface area is 140 Å². The first-order valence-electron chi connectivity index (χ1n) is 8.31. The van der Waals surface area contributed by atoms with Crippen molar-refractivity contribution in [3.8, 4) is 0 Å². The Morgan fingerprint density at radius 3 is 2.54 bits per heavy atom. The maximum absolute atomic E-state index is 12.4. The van der Waals surface area contributed by atoms with Crippen LogP contribution in [-0.2, 0) is 16.6 Å². The summed E-state index contributed by atoms with van der Waals surface area (Å²) in [4.78, 5) is 41.5. The summed E-state index contributed by atoms with van der Waals surface area (Å²) in [7, 11) is 1.61. The summed E-state index contributed by atoms with van der Waals surface area (Å²) in [6, 6.07) is 1.71. The van der Waals surface area contributed by atoms with Crippen LogP contribution in [0.2, 0.25) is 0 Å². The molecule has 1 atom stereocenters. The van der Waals surface area contributed by atoms with E-state index in [0.717, 1.165) is 12.1 Å². The van der Waals surface area contributed by atoms with Crippen LogP contribution >= 0.6 is 0 Å². The number of aryl methyl sites for hydroxylation is 1. The van der Waals surface area contributed by atoms with Gasteiger partial charge in [-0.25, -0.2) is 4.68 Å². The van der Waals surface area contributed by atoms with Gasteiger partial charge in [0.2, 0.25) is 11.8 Å². The van der Waals surface area contributed by atoms with Crippen LogP contribution < -0.4 is 10.5 Å². The van der Waals surface area contributed by atoms with Crippen molar-refractivity contribution in [1.82, 2.24) is 19.6 Å². The molecule has 3 rings (SSSR count). The Bertz CT molecular complexity index is 693. The molecule has 2 aliphatic heterocycles. The van der Waals surface area contributed by atoms with Crippen molar-refractivity contribution in [2.24, 2.45) is 7.05 Å². The fourth-order valence-electron chi connectivity index (χ4n) is 3.21. The molecule has 2 fully saturated rings. The van der Waals surface area contributed by atoms with Crippen molar-refractivity contribution in [1.29, 1.82) is 0 Å². The van der Waals surface area contributed by atoms with Crippen molar-refractivity contribution < 1.29 is 9.59 Å². The van der Waals surface area contributed by atoms with Crippen LogP contribution in [0.1, 0.15) is 19.8 Å². The zero-order valence-corrected chi connectivity index (χ0v) is 14.1. The molecule has 2 amide bonds. The number of aromatic nitrogens is 2. The summed E-state index contributed by atoms with van der Waals surface area (Å²) in [6.07, 6.45) is 3.04. The minimum absolute atomic E-state index is 0.00106. The Morgan fingerprint density at radius 1 is 1.25 bits per heavy atom. The molecule has 3 heterocycles. The molecule has 1 aromatic heterocycles. The smallest absolute Gasteiger partial charge is 0.268 e. The molecule has 8 nitrogen and oxygen atoms in total. The van der Waals surface area contributed by atoms with Gasteiger partial charge in [-0.15, -0.1) is 0 Å². The first kappa shape index (κ1) is 16.5. The van der Waals surface area contributed by atoms with Crippen LogP contribution in [0, 0.1) is 0 Å². The molecule has 0 aromatic carbocycles. The van der Waals surface area contributed by atoms with E-state index < -0.39 is 0 Å². The topological polar surface area (TPSA) is 78.8 Å². The molecule has 0 aliphatic carbocycles. The monoisotopic (exact) mass is 333 g/mol. The number of carbonyl (C=O) groups excluding carboxylic acids is 2. The van der Waals surface area contributed by atoms with Crippen molar-refractivity contribution in [3.63, 3.8) is 0 Å². The molecule has 24 heavy (non-hydrogen) atoms. The van der Waals surface area contributed by atoms with Crippen LogP contribution in [0.5, 0.6) is 0 Å². The number of rotatable bonds is 3. The lowest BCUT2D eigenvalue weighted by Gasteiger charge is -2.36. The Balaban J connectivity index is 1.56. The zero-order valence-electron chi connectivity index (χ0n) is 14.1. The van der Waals surface area contributed by atoms with E-state index in [-0.39, 0.29) is 30.0 Å². The minimum atomic E-state index is -0.146. The fourth-order valence-corrected chi connectivity index (χ4v) is 3.21. The average Bonchev–Trinajstić information content (AvgIpc) is 2.89. The van der Waals surface area contributed by atoms with E-state index in [4.69, 9.17) is 0 Å². The molecule has 0 N–H and O–H groups in total. The quantitative estimate of drug-likeness (QED) is 0.741. The number of anilines is 1. The van der Waals surface area contributed by atoms with Crippen molar-refractivity contribution >= 4 is 17.5 Å². The summed E-state index contributed by atoms with van der Waals surface area (Å²) in [6.45, 7) is 4.65. The Morgan fingerprint density at radius 2 is 1.96 bits per heavy atom. The highest BCUT2D eigenvalue weighted by molar-refractivity contribution is 5.86. The highest BCUT2D eigenvalue weighted by Gasteiger charge is 2.31. The van der Waals surface area contributed by atoms with Gasteiger partial charge in [0.15, 0.2) is 0 Å². The molecule has 2 saturated heterocycles. The lowest BCUT2D eigenvalue weighted by molar-refractivity contribution is -0.139. The van der Waals surface area contributed by atoms with E-state index in [1.807, 2.05) is 6.92 Å². The summed E-state index contributed by atoms with van der Waals surface area (Å²) >= 11 is 0. The van der Waals surface area contributed by atoms with Crippen LogP contribution in [0.15, 0.2) is 17.1 Å². The third-order valence-corrected chi connectivity index (χ3v) is 4.89. The fraction of sp³-hybridized carbons (Fsp3) is 0.625. The highest BCUT2D eigenvalue weighted by atomic mass is 16.2. The van der Waals surface area contributed by atoms with E-state index in [1.165, 1.54) is 4.68 Å².